The zero-order valence-corrected chi connectivity index (χ0v) is 13.8. The van der Waals surface area contributed by atoms with Crippen molar-refractivity contribution in [2.24, 2.45) is 0 Å². The van der Waals surface area contributed by atoms with Crippen molar-refractivity contribution in [1.82, 2.24) is 0 Å². The molecule has 0 radical (unpaired) electrons. The van der Waals surface area contributed by atoms with E-state index in [0.717, 1.165) is 32.8 Å². The average Bonchev–Trinajstić information content (AvgIpc) is 2.52. The van der Waals surface area contributed by atoms with Crippen LogP contribution < -0.4 is 14.2 Å². The Bertz CT molecular complexity index is 628. The SMILES string of the molecule is COc1cc(/C=C\c2ccc(OC)c(Br)c2)cc(OC)c1. The van der Waals surface area contributed by atoms with E-state index in [2.05, 4.69) is 15.9 Å². The number of methoxy groups -OCH3 is 3. The van der Waals surface area contributed by atoms with Crippen LogP contribution in [0.15, 0.2) is 40.9 Å². The number of ether oxygens (including phenoxy) is 3. The number of hydrogen-bond acceptors (Lipinski definition) is 3. The Labute approximate surface area is 133 Å². The zero-order chi connectivity index (χ0) is 15.2. The third-order valence-electron chi connectivity index (χ3n) is 3.02. The van der Waals surface area contributed by atoms with Gasteiger partial charge in [0, 0.05) is 6.07 Å². The van der Waals surface area contributed by atoms with E-state index in [9.17, 15) is 0 Å². The largest absolute Gasteiger partial charge is 0.497 e. The molecule has 0 aliphatic carbocycles. The number of hydrogen-bond donors (Lipinski definition) is 0. The maximum atomic E-state index is 5.26. The quantitative estimate of drug-likeness (QED) is 0.736. The second-order valence-corrected chi connectivity index (χ2v) is 5.23. The van der Waals surface area contributed by atoms with Crippen molar-refractivity contribution in [2.75, 3.05) is 21.3 Å². The number of rotatable bonds is 5. The number of halogens is 1. The summed E-state index contributed by atoms with van der Waals surface area (Å²) in [6.07, 6.45) is 4.04. The summed E-state index contributed by atoms with van der Waals surface area (Å²) in [6.45, 7) is 0. The summed E-state index contributed by atoms with van der Waals surface area (Å²) in [5.74, 6) is 2.35. The molecular weight excluding hydrogens is 332 g/mol. The first-order valence-electron chi connectivity index (χ1n) is 6.41. The molecule has 0 spiro atoms. The molecule has 0 heterocycles. The molecule has 2 aromatic carbocycles. The van der Waals surface area contributed by atoms with Gasteiger partial charge in [-0.2, -0.15) is 0 Å². The fourth-order valence-electron chi connectivity index (χ4n) is 1.90. The van der Waals surface area contributed by atoms with E-state index in [1.807, 2.05) is 48.6 Å². The van der Waals surface area contributed by atoms with Crippen LogP contribution in [0, 0.1) is 0 Å². The van der Waals surface area contributed by atoms with Crippen molar-refractivity contribution in [3.05, 3.63) is 52.0 Å². The van der Waals surface area contributed by atoms with Crippen LogP contribution in [0.25, 0.3) is 12.2 Å². The number of benzene rings is 2. The van der Waals surface area contributed by atoms with Crippen LogP contribution >= 0.6 is 15.9 Å². The molecule has 0 fully saturated rings. The maximum absolute atomic E-state index is 5.26. The van der Waals surface area contributed by atoms with Crippen molar-refractivity contribution in [2.45, 2.75) is 0 Å². The van der Waals surface area contributed by atoms with Gasteiger partial charge in [-0.15, -0.1) is 0 Å². The summed E-state index contributed by atoms with van der Waals surface area (Å²) < 4.78 is 16.7. The first-order chi connectivity index (χ1) is 10.2. The Balaban J connectivity index is 2.26. The summed E-state index contributed by atoms with van der Waals surface area (Å²) in [5.41, 5.74) is 2.09. The van der Waals surface area contributed by atoms with Crippen LogP contribution in [0.2, 0.25) is 0 Å². The Kier molecular flexibility index (Phi) is 5.28. The average molecular weight is 349 g/mol. The van der Waals surface area contributed by atoms with E-state index in [-0.39, 0.29) is 0 Å². The summed E-state index contributed by atoms with van der Waals surface area (Å²) in [6, 6.07) is 11.7. The molecule has 2 aromatic rings. The Morgan fingerprint density at radius 2 is 1.38 bits per heavy atom. The van der Waals surface area contributed by atoms with Crippen LogP contribution in [-0.4, -0.2) is 21.3 Å². The first-order valence-corrected chi connectivity index (χ1v) is 7.20. The molecule has 0 aliphatic rings. The molecule has 110 valence electrons. The van der Waals surface area contributed by atoms with Crippen molar-refractivity contribution >= 4 is 28.1 Å². The predicted molar refractivity (Wildman–Crippen MR) is 89.2 cm³/mol. The highest BCUT2D eigenvalue weighted by atomic mass is 79.9. The molecule has 3 nitrogen and oxygen atoms in total. The molecule has 2 rings (SSSR count). The molecule has 0 saturated heterocycles. The van der Waals surface area contributed by atoms with Gasteiger partial charge in [0.05, 0.1) is 25.8 Å². The molecule has 0 aromatic heterocycles. The van der Waals surface area contributed by atoms with Crippen LogP contribution in [-0.2, 0) is 0 Å². The highest BCUT2D eigenvalue weighted by molar-refractivity contribution is 9.10. The molecule has 0 aliphatic heterocycles. The van der Waals surface area contributed by atoms with Gasteiger partial charge < -0.3 is 14.2 Å². The smallest absolute Gasteiger partial charge is 0.133 e. The van der Waals surface area contributed by atoms with Crippen LogP contribution in [0.5, 0.6) is 17.2 Å². The lowest BCUT2D eigenvalue weighted by atomic mass is 10.1. The van der Waals surface area contributed by atoms with E-state index < -0.39 is 0 Å². The molecule has 0 atom stereocenters. The lowest BCUT2D eigenvalue weighted by Crippen LogP contribution is -1.88. The van der Waals surface area contributed by atoms with E-state index >= 15 is 0 Å². The van der Waals surface area contributed by atoms with Gasteiger partial charge in [-0.1, -0.05) is 18.2 Å². The maximum Gasteiger partial charge on any atom is 0.133 e. The Hall–Kier alpha value is -1.94. The van der Waals surface area contributed by atoms with E-state index in [1.54, 1.807) is 21.3 Å². The molecular formula is C17H17BrO3. The topological polar surface area (TPSA) is 27.7 Å². The minimum absolute atomic E-state index is 0.768. The predicted octanol–water partition coefficient (Wildman–Crippen LogP) is 4.65. The first kappa shape index (κ1) is 15.4. The van der Waals surface area contributed by atoms with E-state index in [4.69, 9.17) is 14.2 Å². The molecule has 4 heteroatoms. The van der Waals surface area contributed by atoms with Gasteiger partial charge in [0.1, 0.15) is 17.2 Å². The second-order valence-electron chi connectivity index (χ2n) is 4.37. The molecule has 0 N–H and O–H groups in total. The van der Waals surface area contributed by atoms with Crippen LogP contribution in [0.3, 0.4) is 0 Å². The van der Waals surface area contributed by atoms with Crippen molar-refractivity contribution in [1.29, 1.82) is 0 Å². The normalized spacial score (nSPS) is 10.7. The summed E-state index contributed by atoms with van der Waals surface area (Å²) in [7, 11) is 4.93. The van der Waals surface area contributed by atoms with Gasteiger partial charge >= 0.3 is 0 Å². The Morgan fingerprint density at radius 3 is 1.90 bits per heavy atom. The monoisotopic (exact) mass is 348 g/mol. The summed E-state index contributed by atoms with van der Waals surface area (Å²) in [4.78, 5) is 0. The van der Waals surface area contributed by atoms with Crippen LogP contribution in [0.4, 0.5) is 0 Å². The van der Waals surface area contributed by atoms with Gasteiger partial charge in [-0.25, -0.2) is 0 Å². The Morgan fingerprint density at radius 1 is 0.762 bits per heavy atom. The highest BCUT2D eigenvalue weighted by Gasteiger charge is 2.01. The summed E-state index contributed by atoms with van der Waals surface area (Å²) >= 11 is 3.48. The third kappa shape index (κ3) is 4.02. The third-order valence-corrected chi connectivity index (χ3v) is 3.64. The van der Waals surface area contributed by atoms with Gasteiger partial charge in [-0.3, -0.25) is 0 Å². The lowest BCUT2D eigenvalue weighted by molar-refractivity contribution is 0.394. The molecule has 0 saturated carbocycles. The molecule has 0 bridgehead atoms. The lowest BCUT2D eigenvalue weighted by Gasteiger charge is -2.06. The fraction of sp³-hybridized carbons (Fsp3) is 0.176. The van der Waals surface area contributed by atoms with Gasteiger partial charge in [-0.05, 0) is 51.3 Å². The van der Waals surface area contributed by atoms with Crippen molar-refractivity contribution < 1.29 is 14.2 Å². The fourth-order valence-corrected chi connectivity index (χ4v) is 2.46. The standard InChI is InChI=1S/C17H17BrO3/c1-19-14-8-13(9-15(11-14)20-2)5-4-12-6-7-17(21-3)16(18)10-12/h4-11H,1-3H3/b5-4-. The molecule has 0 unspecified atom stereocenters. The molecule has 21 heavy (non-hydrogen) atoms. The highest BCUT2D eigenvalue weighted by Crippen LogP contribution is 2.27. The van der Waals surface area contributed by atoms with Crippen molar-refractivity contribution in [3.63, 3.8) is 0 Å². The van der Waals surface area contributed by atoms with Gasteiger partial charge in [0.25, 0.3) is 0 Å². The second kappa shape index (κ2) is 7.18. The van der Waals surface area contributed by atoms with E-state index in [0.29, 0.717) is 0 Å². The zero-order valence-electron chi connectivity index (χ0n) is 12.2. The van der Waals surface area contributed by atoms with Crippen LogP contribution in [0.1, 0.15) is 11.1 Å². The van der Waals surface area contributed by atoms with Gasteiger partial charge in [0.2, 0.25) is 0 Å². The van der Waals surface area contributed by atoms with Crippen molar-refractivity contribution in [3.8, 4) is 17.2 Å². The molecule has 0 amide bonds. The minimum Gasteiger partial charge on any atom is -0.497 e. The van der Waals surface area contributed by atoms with Gasteiger partial charge in [0.15, 0.2) is 0 Å². The summed E-state index contributed by atoms with van der Waals surface area (Å²) in [5, 5.41) is 0. The van der Waals surface area contributed by atoms with E-state index in [1.165, 1.54) is 0 Å². The minimum atomic E-state index is 0.768.